The number of carbonyl (C=O) groups excluding carboxylic acids is 3. The van der Waals surface area contributed by atoms with Gasteiger partial charge in [-0.15, -0.1) is 0 Å². The van der Waals surface area contributed by atoms with Gasteiger partial charge in [-0.25, -0.2) is 4.79 Å². The predicted molar refractivity (Wildman–Crippen MR) is 105 cm³/mol. The number of nitro benzene ring substituents is 1. The Hall–Kier alpha value is -3.75. The van der Waals surface area contributed by atoms with E-state index in [2.05, 4.69) is 5.32 Å². The minimum Gasteiger partial charge on any atom is -0.454 e. The maximum absolute atomic E-state index is 12.3. The van der Waals surface area contributed by atoms with E-state index in [9.17, 15) is 24.5 Å². The fraction of sp³-hybridized carbons (Fsp3) is 0.250. The second kappa shape index (κ2) is 8.51. The van der Waals surface area contributed by atoms with Crippen LogP contribution in [0.3, 0.4) is 0 Å². The molecule has 1 amide bonds. The van der Waals surface area contributed by atoms with E-state index < -0.39 is 23.3 Å². The van der Waals surface area contributed by atoms with Gasteiger partial charge in [0, 0.05) is 49.1 Å². The van der Waals surface area contributed by atoms with Crippen molar-refractivity contribution in [3.05, 3.63) is 63.7 Å². The molecule has 0 spiro atoms. The van der Waals surface area contributed by atoms with Gasteiger partial charge in [0.1, 0.15) is 0 Å². The highest BCUT2D eigenvalue weighted by Crippen LogP contribution is 2.24. The van der Waals surface area contributed by atoms with Gasteiger partial charge in [-0.3, -0.25) is 19.7 Å². The first kappa shape index (κ1) is 20.0. The number of nitrogens with zero attached hydrogens (tertiary/aromatic N) is 2. The molecule has 2 aromatic rings. The second-order valence-electron chi connectivity index (χ2n) is 6.43. The number of nitro groups is 1. The SMILES string of the molecule is CNc1ccc([N+](=O)[O-])cc1C(=O)OCC(=O)c1ccc(N2CCCC2=O)cc1. The normalized spacial score (nSPS) is 13.3. The van der Waals surface area contributed by atoms with Crippen LogP contribution in [0.1, 0.15) is 33.6 Å². The average molecular weight is 397 g/mol. The number of benzene rings is 2. The maximum atomic E-state index is 12.3. The van der Waals surface area contributed by atoms with Crippen LogP contribution in [0, 0.1) is 10.1 Å². The molecule has 2 aromatic carbocycles. The van der Waals surface area contributed by atoms with Gasteiger partial charge < -0.3 is 15.0 Å². The van der Waals surface area contributed by atoms with Crippen molar-refractivity contribution in [1.29, 1.82) is 0 Å². The minimum atomic E-state index is -0.842. The number of hydrogen-bond donors (Lipinski definition) is 1. The highest BCUT2D eigenvalue weighted by Gasteiger charge is 2.22. The molecular weight excluding hydrogens is 378 g/mol. The van der Waals surface area contributed by atoms with Gasteiger partial charge in [0.25, 0.3) is 5.69 Å². The molecule has 1 saturated heterocycles. The summed E-state index contributed by atoms with van der Waals surface area (Å²) in [6, 6.07) is 10.3. The van der Waals surface area contributed by atoms with Crippen LogP contribution in [0.2, 0.25) is 0 Å². The Bertz CT molecular complexity index is 971. The predicted octanol–water partition coefficient (Wildman–Crippen LogP) is 2.80. The lowest BCUT2D eigenvalue weighted by molar-refractivity contribution is -0.384. The summed E-state index contributed by atoms with van der Waals surface area (Å²) >= 11 is 0. The number of Topliss-reactive ketones (excluding diaryl/α,β-unsaturated/α-hetero) is 1. The van der Waals surface area contributed by atoms with Crippen LogP contribution in [0.4, 0.5) is 17.1 Å². The summed E-state index contributed by atoms with van der Waals surface area (Å²) in [7, 11) is 1.57. The molecule has 0 saturated carbocycles. The number of anilines is 2. The van der Waals surface area contributed by atoms with Gasteiger partial charge in [-0.2, -0.15) is 0 Å². The molecule has 0 aliphatic carbocycles. The number of hydrogen-bond acceptors (Lipinski definition) is 7. The first-order chi connectivity index (χ1) is 13.9. The monoisotopic (exact) mass is 397 g/mol. The molecular formula is C20H19N3O6. The van der Waals surface area contributed by atoms with Gasteiger partial charge in [-0.1, -0.05) is 0 Å². The van der Waals surface area contributed by atoms with Gasteiger partial charge in [0.2, 0.25) is 5.91 Å². The molecule has 3 rings (SSSR count). The lowest BCUT2D eigenvalue weighted by Gasteiger charge is -2.15. The summed E-state index contributed by atoms with van der Waals surface area (Å²) in [4.78, 5) is 48.4. The lowest BCUT2D eigenvalue weighted by atomic mass is 10.1. The van der Waals surface area contributed by atoms with Crippen molar-refractivity contribution in [2.75, 3.05) is 30.4 Å². The number of esters is 1. The van der Waals surface area contributed by atoms with Crippen molar-refractivity contribution in [2.24, 2.45) is 0 Å². The summed E-state index contributed by atoms with van der Waals surface area (Å²) in [6.45, 7) is 0.146. The summed E-state index contributed by atoms with van der Waals surface area (Å²) in [5.74, 6) is -1.21. The number of amides is 1. The quantitative estimate of drug-likeness (QED) is 0.330. The lowest BCUT2D eigenvalue weighted by Crippen LogP contribution is -2.23. The van der Waals surface area contributed by atoms with Gasteiger partial charge in [0.05, 0.1) is 10.5 Å². The third-order valence-electron chi connectivity index (χ3n) is 4.61. The van der Waals surface area contributed by atoms with Crippen LogP contribution in [-0.2, 0) is 9.53 Å². The van der Waals surface area contributed by atoms with Gasteiger partial charge in [-0.05, 0) is 36.8 Å². The number of rotatable bonds is 7. The van der Waals surface area contributed by atoms with Crippen LogP contribution in [0.25, 0.3) is 0 Å². The minimum absolute atomic E-state index is 0.0302. The Morgan fingerprint density at radius 3 is 2.52 bits per heavy atom. The third-order valence-corrected chi connectivity index (χ3v) is 4.61. The Morgan fingerprint density at radius 2 is 1.93 bits per heavy atom. The largest absolute Gasteiger partial charge is 0.454 e. The molecule has 1 aliphatic rings. The average Bonchev–Trinajstić information content (AvgIpc) is 3.17. The van der Waals surface area contributed by atoms with E-state index in [4.69, 9.17) is 4.74 Å². The summed E-state index contributed by atoms with van der Waals surface area (Å²) in [6.07, 6.45) is 1.32. The highest BCUT2D eigenvalue weighted by atomic mass is 16.6. The highest BCUT2D eigenvalue weighted by molar-refractivity contribution is 6.02. The zero-order valence-electron chi connectivity index (χ0n) is 15.7. The molecule has 9 nitrogen and oxygen atoms in total. The molecule has 0 radical (unpaired) electrons. The number of ketones is 1. The van der Waals surface area contributed by atoms with Crippen LogP contribution in [-0.4, -0.2) is 42.8 Å². The molecule has 150 valence electrons. The van der Waals surface area contributed by atoms with E-state index in [-0.39, 0.29) is 17.2 Å². The van der Waals surface area contributed by atoms with Crippen LogP contribution >= 0.6 is 0 Å². The fourth-order valence-electron chi connectivity index (χ4n) is 3.07. The number of non-ortho nitro benzene ring substituents is 1. The zero-order valence-corrected chi connectivity index (χ0v) is 15.7. The standard InChI is InChI=1S/C20H19N3O6/c1-21-17-9-8-15(23(27)28)11-16(17)20(26)29-12-18(24)13-4-6-14(7-5-13)22-10-2-3-19(22)25/h4-9,11,21H,2-3,10,12H2,1H3. The van der Waals surface area contributed by atoms with E-state index in [0.29, 0.717) is 24.2 Å². The summed E-state index contributed by atoms with van der Waals surface area (Å²) in [5, 5.41) is 13.7. The van der Waals surface area contributed by atoms with Gasteiger partial charge >= 0.3 is 5.97 Å². The molecule has 1 aliphatic heterocycles. The Balaban J connectivity index is 1.66. The van der Waals surface area contributed by atoms with E-state index >= 15 is 0 Å². The summed E-state index contributed by atoms with van der Waals surface area (Å²) < 4.78 is 5.05. The molecule has 1 heterocycles. The third kappa shape index (κ3) is 4.40. The van der Waals surface area contributed by atoms with Crippen molar-refractivity contribution in [3.8, 4) is 0 Å². The molecule has 1 fully saturated rings. The van der Waals surface area contributed by atoms with E-state index in [1.165, 1.54) is 12.1 Å². The van der Waals surface area contributed by atoms with E-state index in [1.54, 1.807) is 36.2 Å². The van der Waals surface area contributed by atoms with Crippen molar-refractivity contribution in [1.82, 2.24) is 0 Å². The van der Waals surface area contributed by atoms with E-state index in [0.717, 1.165) is 18.2 Å². The number of nitrogens with one attached hydrogen (secondary N) is 1. The molecule has 0 unspecified atom stereocenters. The number of ether oxygens (including phenoxy) is 1. The molecule has 0 aromatic heterocycles. The second-order valence-corrected chi connectivity index (χ2v) is 6.43. The Kier molecular flexibility index (Phi) is 5.87. The fourth-order valence-corrected chi connectivity index (χ4v) is 3.07. The molecule has 29 heavy (non-hydrogen) atoms. The zero-order chi connectivity index (χ0) is 21.0. The topological polar surface area (TPSA) is 119 Å². The van der Waals surface area contributed by atoms with Crippen LogP contribution in [0.5, 0.6) is 0 Å². The first-order valence-corrected chi connectivity index (χ1v) is 8.97. The van der Waals surface area contributed by atoms with Crippen molar-refractivity contribution >= 4 is 34.7 Å². The van der Waals surface area contributed by atoms with Gasteiger partial charge in [0.15, 0.2) is 12.4 Å². The number of carbonyl (C=O) groups is 3. The van der Waals surface area contributed by atoms with Crippen LogP contribution in [0.15, 0.2) is 42.5 Å². The van der Waals surface area contributed by atoms with E-state index in [1.807, 2.05) is 0 Å². The van der Waals surface area contributed by atoms with Crippen molar-refractivity contribution in [2.45, 2.75) is 12.8 Å². The van der Waals surface area contributed by atoms with Crippen LogP contribution < -0.4 is 10.2 Å². The summed E-state index contributed by atoms with van der Waals surface area (Å²) in [5.41, 5.74) is 1.12. The first-order valence-electron chi connectivity index (χ1n) is 8.97. The maximum Gasteiger partial charge on any atom is 0.340 e. The molecule has 0 atom stereocenters. The Labute approximate surface area is 166 Å². The Morgan fingerprint density at radius 1 is 1.21 bits per heavy atom. The molecule has 1 N–H and O–H groups in total. The van der Waals surface area contributed by atoms with Crippen molar-refractivity contribution < 1.29 is 24.0 Å². The molecule has 9 heteroatoms. The smallest absolute Gasteiger partial charge is 0.340 e. The molecule has 0 bridgehead atoms. The van der Waals surface area contributed by atoms with Crippen molar-refractivity contribution in [3.63, 3.8) is 0 Å².